The summed E-state index contributed by atoms with van der Waals surface area (Å²) >= 11 is 2.55. The minimum absolute atomic E-state index is 0.104. The molecule has 0 unspecified atom stereocenters. The molecule has 13 heteroatoms. The number of alkyl halides is 3. The number of benzene rings is 1. The van der Waals surface area contributed by atoms with Crippen LogP contribution in [-0.2, 0) is 22.1 Å². The van der Waals surface area contributed by atoms with Gasteiger partial charge in [-0.15, -0.1) is 22.7 Å². The third-order valence-electron chi connectivity index (χ3n) is 4.67. The van der Waals surface area contributed by atoms with E-state index in [-0.39, 0.29) is 12.1 Å². The summed E-state index contributed by atoms with van der Waals surface area (Å²) in [5.74, 6) is -1.03. The molecule has 1 aliphatic rings. The van der Waals surface area contributed by atoms with Crippen LogP contribution in [0, 0.1) is 0 Å². The topological polar surface area (TPSA) is 96.5 Å². The van der Waals surface area contributed by atoms with Crippen molar-refractivity contribution in [2.24, 2.45) is 0 Å². The molecular formula is C20H18F3N5O3S2. The van der Waals surface area contributed by atoms with Gasteiger partial charge in [0.15, 0.2) is 5.13 Å². The fourth-order valence-corrected chi connectivity index (χ4v) is 4.68. The summed E-state index contributed by atoms with van der Waals surface area (Å²) in [7, 11) is 0. The van der Waals surface area contributed by atoms with Crippen LogP contribution in [0.5, 0.6) is 0 Å². The van der Waals surface area contributed by atoms with Crippen LogP contribution in [0.1, 0.15) is 21.7 Å². The Bertz CT molecular complexity index is 1120. The first-order valence-electron chi connectivity index (χ1n) is 9.79. The molecule has 0 spiro atoms. The number of amides is 2. The SMILES string of the molecule is O=C(Cc1csc(-c2ccc(C(F)(F)F)cc2)n1)NNC(=O)c1csc(N2CCOCC2)n1. The summed E-state index contributed by atoms with van der Waals surface area (Å²) in [5.41, 5.74) is 5.06. The lowest BCUT2D eigenvalue weighted by Crippen LogP contribution is -2.42. The maximum absolute atomic E-state index is 12.7. The van der Waals surface area contributed by atoms with E-state index in [9.17, 15) is 22.8 Å². The van der Waals surface area contributed by atoms with Crippen LogP contribution in [0.3, 0.4) is 0 Å². The zero-order valence-corrected chi connectivity index (χ0v) is 18.6. The maximum Gasteiger partial charge on any atom is 0.416 e. The second kappa shape index (κ2) is 9.85. The molecular weight excluding hydrogens is 479 g/mol. The largest absolute Gasteiger partial charge is 0.416 e. The number of hydrazine groups is 1. The smallest absolute Gasteiger partial charge is 0.378 e. The summed E-state index contributed by atoms with van der Waals surface area (Å²) < 4.78 is 43.4. The van der Waals surface area contributed by atoms with E-state index in [0.29, 0.717) is 47.7 Å². The Labute approximate surface area is 194 Å². The van der Waals surface area contributed by atoms with Crippen LogP contribution in [0.2, 0.25) is 0 Å². The molecule has 1 saturated heterocycles. The first-order chi connectivity index (χ1) is 15.8. The molecule has 1 fully saturated rings. The number of morpholine rings is 1. The van der Waals surface area contributed by atoms with E-state index in [0.717, 1.165) is 12.1 Å². The molecule has 33 heavy (non-hydrogen) atoms. The molecule has 0 radical (unpaired) electrons. The molecule has 0 saturated carbocycles. The molecule has 2 amide bonds. The second-order valence-electron chi connectivity index (χ2n) is 7.01. The Morgan fingerprint density at radius 3 is 2.45 bits per heavy atom. The lowest BCUT2D eigenvalue weighted by Gasteiger charge is -2.25. The van der Waals surface area contributed by atoms with Crippen LogP contribution in [0.25, 0.3) is 10.6 Å². The number of nitrogens with zero attached hydrogens (tertiary/aromatic N) is 3. The summed E-state index contributed by atoms with van der Waals surface area (Å²) in [6, 6.07) is 4.65. The average molecular weight is 498 g/mol. The molecule has 174 valence electrons. The number of ether oxygens (including phenoxy) is 1. The summed E-state index contributed by atoms with van der Waals surface area (Å²) in [5, 5.41) is 4.47. The van der Waals surface area contributed by atoms with Crippen molar-refractivity contribution in [2.75, 3.05) is 31.2 Å². The number of thiazole rings is 2. The number of rotatable bonds is 5. The molecule has 0 atom stereocenters. The second-order valence-corrected chi connectivity index (χ2v) is 8.71. The monoisotopic (exact) mass is 497 g/mol. The maximum atomic E-state index is 12.7. The Kier molecular flexibility index (Phi) is 6.91. The number of halogens is 3. The van der Waals surface area contributed by atoms with E-state index in [2.05, 4.69) is 20.8 Å². The molecule has 0 aliphatic carbocycles. The van der Waals surface area contributed by atoms with Gasteiger partial charge in [-0.3, -0.25) is 20.4 Å². The Morgan fingerprint density at radius 2 is 1.76 bits per heavy atom. The van der Waals surface area contributed by atoms with Gasteiger partial charge in [-0.05, 0) is 12.1 Å². The predicted molar refractivity (Wildman–Crippen MR) is 117 cm³/mol. The number of carbonyl (C=O) groups excluding carboxylic acids is 2. The van der Waals surface area contributed by atoms with E-state index >= 15 is 0 Å². The molecule has 3 aromatic rings. The molecule has 0 bridgehead atoms. The molecule has 4 rings (SSSR count). The Morgan fingerprint density at radius 1 is 1.03 bits per heavy atom. The predicted octanol–water partition coefficient (Wildman–Crippen LogP) is 3.13. The van der Waals surface area contributed by atoms with Gasteiger partial charge in [-0.1, -0.05) is 12.1 Å². The van der Waals surface area contributed by atoms with Gasteiger partial charge >= 0.3 is 6.18 Å². The van der Waals surface area contributed by atoms with Crippen molar-refractivity contribution in [3.8, 4) is 10.6 Å². The van der Waals surface area contributed by atoms with Crippen molar-refractivity contribution >= 4 is 39.6 Å². The minimum Gasteiger partial charge on any atom is -0.378 e. The van der Waals surface area contributed by atoms with E-state index in [4.69, 9.17) is 4.74 Å². The van der Waals surface area contributed by atoms with Gasteiger partial charge < -0.3 is 9.64 Å². The highest BCUT2D eigenvalue weighted by Crippen LogP contribution is 2.31. The highest BCUT2D eigenvalue weighted by molar-refractivity contribution is 7.14. The highest BCUT2D eigenvalue weighted by atomic mass is 32.1. The number of anilines is 1. The van der Waals surface area contributed by atoms with E-state index in [1.165, 1.54) is 34.8 Å². The van der Waals surface area contributed by atoms with Gasteiger partial charge in [0.1, 0.15) is 10.7 Å². The summed E-state index contributed by atoms with van der Waals surface area (Å²) in [6.07, 6.45) is -4.51. The van der Waals surface area contributed by atoms with Crippen molar-refractivity contribution in [1.29, 1.82) is 0 Å². The third kappa shape index (κ3) is 5.86. The van der Waals surface area contributed by atoms with E-state index in [1.54, 1.807) is 10.8 Å². The number of aromatic nitrogens is 2. The minimum atomic E-state index is -4.41. The number of nitrogens with one attached hydrogen (secondary N) is 2. The molecule has 1 aliphatic heterocycles. The van der Waals surface area contributed by atoms with Crippen LogP contribution >= 0.6 is 22.7 Å². The fourth-order valence-electron chi connectivity index (χ4n) is 2.99. The van der Waals surface area contributed by atoms with Gasteiger partial charge in [0.25, 0.3) is 5.91 Å². The molecule has 3 heterocycles. The van der Waals surface area contributed by atoms with Gasteiger partial charge in [0.05, 0.1) is 30.9 Å². The molecule has 1 aromatic carbocycles. The first-order valence-corrected chi connectivity index (χ1v) is 11.5. The molecule has 8 nitrogen and oxygen atoms in total. The lowest BCUT2D eigenvalue weighted by molar-refractivity contribution is -0.137. The Balaban J connectivity index is 1.28. The zero-order chi connectivity index (χ0) is 23.4. The van der Waals surface area contributed by atoms with E-state index in [1.807, 2.05) is 4.90 Å². The van der Waals surface area contributed by atoms with Gasteiger partial charge in [-0.2, -0.15) is 13.2 Å². The molecule has 2 N–H and O–H groups in total. The van der Waals surface area contributed by atoms with Crippen LogP contribution in [0.4, 0.5) is 18.3 Å². The van der Waals surface area contributed by atoms with E-state index < -0.39 is 23.6 Å². The van der Waals surface area contributed by atoms with Crippen LogP contribution < -0.4 is 15.8 Å². The van der Waals surface area contributed by atoms with Crippen LogP contribution in [0.15, 0.2) is 35.0 Å². The lowest BCUT2D eigenvalue weighted by atomic mass is 10.1. The van der Waals surface area contributed by atoms with Crippen LogP contribution in [-0.4, -0.2) is 48.1 Å². The zero-order valence-electron chi connectivity index (χ0n) is 17.0. The highest BCUT2D eigenvalue weighted by Gasteiger charge is 2.30. The number of hydrogen-bond acceptors (Lipinski definition) is 8. The average Bonchev–Trinajstić information content (AvgIpc) is 3.48. The fraction of sp³-hybridized carbons (Fsp3) is 0.300. The van der Waals surface area contributed by atoms with Crippen molar-refractivity contribution in [1.82, 2.24) is 20.8 Å². The molecule has 2 aromatic heterocycles. The van der Waals surface area contributed by atoms with Gasteiger partial charge in [0.2, 0.25) is 5.91 Å². The quantitative estimate of drug-likeness (QED) is 0.526. The Hall–Kier alpha value is -3.03. The van der Waals surface area contributed by atoms with Gasteiger partial charge in [0, 0.05) is 29.4 Å². The number of carbonyl (C=O) groups is 2. The first kappa shape index (κ1) is 23.1. The van der Waals surface area contributed by atoms with Crippen molar-refractivity contribution in [3.63, 3.8) is 0 Å². The van der Waals surface area contributed by atoms with Crippen molar-refractivity contribution in [2.45, 2.75) is 12.6 Å². The summed E-state index contributed by atoms with van der Waals surface area (Å²) in [6.45, 7) is 2.61. The summed E-state index contributed by atoms with van der Waals surface area (Å²) in [4.78, 5) is 35.1. The van der Waals surface area contributed by atoms with Crippen molar-refractivity contribution < 1.29 is 27.5 Å². The van der Waals surface area contributed by atoms with Crippen molar-refractivity contribution in [3.05, 3.63) is 52.0 Å². The third-order valence-corrected chi connectivity index (χ3v) is 6.52. The normalized spacial score (nSPS) is 14.2. The van der Waals surface area contributed by atoms with Gasteiger partial charge in [-0.25, -0.2) is 9.97 Å². The standard InChI is InChI=1S/C20H18F3N5O3S2/c21-20(22,23)13-3-1-12(2-4-13)18-24-14(10-32-18)9-16(29)26-27-17(30)15-11-33-19(25-15)28-5-7-31-8-6-28/h1-4,10-11H,5-9H2,(H,26,29)(H,27,30). The number of hydrogen-bond donors (Lipinski definition) is 2.